The Kier molecular flexibility index (Phi) is 1.64. The van der Waals surface area contributed by atoms with Crippen molar-refractivity contribution in [3.05, 3.63) is 24.5 Å². The minimum atomic E-state index is 0.593. The van der Waals surface area contributed by atoms with Crippen molar-refractivity contribution in [3.8, 4) is 0 Å². The molecule has 1 heterocycles. The molecule has 1 aliphatic heterocycles. The smallest absolute Gasteiger partial charge is 0.134 e. The van der Waals surface area contributed by atoms with E-state index in [9.17, 15) is 0 Å². The highest BCUT2D eigenvalue weighted by Gasteiger charge is 1.87. The van der Waals surface area contributed by atoms with E-state index in [2.05, 4.69) is 10.3 Å². The molecular weight excluding hydrogens is 122 g/mol. The zero-order chi connectivity index (χ0) is 5.82. The van der Waals surface area contributed by atoms with Crippen LogP contribution < -0.4 is 5.48 Å². The molecule has 0 fully saturated rings. The van der Waals surface area contributed by atoms with E-state index < -0.39 is 0 Å². The molecule has 0 spiro atoms. The molecule has 0 atom stereocenters. The van der Waals surface area contributed by atoms with Crippen LogP contribution in [0.4, 0.5) is 0 Å². The largest absolute Gasteiger partial charge is 0.389 e. The molecule has 0 aromatic heterocycles. The number of hydrogen-bond acceptors (Lipinski definition) is 2. The van der Waals surface area contributed by atoms with Crippen LogP contribution in [0.2, 0.25) is 0 Å². The first-order chi connectivity index (χ1) is 3.89. The van der Waals surface area contributed by atoms with Crippen LogP contribution in [0.15, 0.2) is 24.5 Å². The number of nitrogens with one attached hydrogen (secondary N) is 1. The summed E-state index contributed by atoms with van der Waals surface area (Å²) in [4.78, 5) is 5.27. The fourth-order valence-electron chi connectivity index (χ4n) is 0.354. The van der Waals surface area contributed by atoms with Crippen LogP contribution in [-0.4, -0.2) is 4.99 Å². The van der Waals surface area contributed by atoms with E-state index >= 15 is 0 Å². The minimum absolute atomic E-state index is 0.593. The van der Waals surface area contributed by atoms with E-state index in [1.165, 1.54) is 6.26 Å². The highest BCUT2D eigenvalue weighted by molar-refractivity contribution is 7.80. The van der Waals surface area contributed by atoms with Gasteiger partial charge in [0, 0.05) is 0 Å². The van der Waals surface area contributed by atoms with Gasteiger partial charge in [-0.15, -0.1) is 0 Å². The Hall–Kier alpha value is -0.830. The first-order valence-electron chi connectivity index (χ1n) is 2.18. The SMILES string of the molecule is S=C1C=CC=CON1. The van der Waals surface area contributed by atoms with E-state index in [0.29, 0.717) is 4.99 Å². The van der Waals surface area contributed by atoms with Gasteiger partial charge in [-0.2, -0.15) is 0 Å². The van der Waals surface area contributed by atoms with Gasteiger partial charge in [0.2, 0.25) is 0 Å². The van der Waals surface area contributed by atoms with Gasteiger partial charge in [0.25, 0.3) is 0 Å². The summed E-state index contributed by atoms with van der Waals surface area (Å²) in [6.45, 7) is 0. The highest BCUT2D eigenvalue weighted by atomic mass is 32.1. The summed E-state index contributed by atoms with van der Waals surface area (Å²) in [7, 11) is 0. The van der Waals surface area contributed by atoms with Crippen molar-refractivity contribution < 1.29 is 4.84 Å². The second-order valence-electron chi connectivity index (χ2n) is 1.27. The molecule has 0 radical (unpaired) electrons. The fraction of sp³-hybridized carbons (Fsp3) is 0. The minimum Gasteiger partial charge on any atom is -0.389 e. The van der Waals surface area contributed by atoms with Crippen LogP contribution in [0.1, 0.15) is 0 Å². The molecule has 0 aromatic rings. The molecule has 1 aliphatic rings. The molecule has 2 nitrogen and oxygen atoms in total. The molecule has 42 valence electrons. The van der Waals surface area contributed by atoms with E-state index in [1.807, 2.05) is 6.08 Å². The number of hydrogen-bond donors (Lipinski definition) is 1. The highest BCUT2D eigenvalue weighted by Crippen LogP contribution is 1.85. The van der Waals surface area contributed by atoms with Gasteiger partial charge in [0.05, 0.1) is 0 Å². The maximum atomic E-state index is 4.73. The second-order valence-corrected chi connectivity index (χ2v) is 1.71. The van der Waals surface area contributed by atoms with Crippen LogP contribution in [-0.2, 0) is 4.84 Å². The Morgan fingerprint density at radius 3 is 3.25 bits per heavy atom. The van der Waals surface area contributed by atoms with E-state index in [-0.39, 0.29) is 0 Å². The van der Waals surface area contributed by atoms with Crippen LogP contribution in [0.25, 0.3) is 0 Å². The van der Waals surface area contributed by atoms with Crippen molar-refractivity contribution in [2.24, 2.45) is 0 Å². The topological polar surface area (TPSA) is 21.3 Å². The molecule has 1 N–H and O–H groups in total. The lowest BCUT2D eigenvalue weighted by atomic mass is 10.5. The summed E-state index contributed by atoms with van der Waals surface area (Å²) in [6, 6.07) is 0. The summed E-state index contributed by atoms with van der Waals surface area (Å²) in [5.74, 6) is 0. The standard InChI is InChI=1S/C5H5NOS/c8-5-3-1-2-4-7-6-5/h1-4H,(H,6,8). The third kappa shape index (κ3) is 1.35. The zero-order valence-electron chi connectivity index (χ0n) is 4.13. The first-order valence-corrected chi connectivity index (χ1v) is 2.59. The molecule has 0 unspecified atom stereocenters. The average Bonchev–Trinajstić information content (AvgIpc) is 1.94. The normalized spacial score (nSPS) is 16.8. The number of allylic oxidation sites excluding steroid dienone is 2. The van der Waals surface area contributed by atoms with Gasteiger partial charge in [-0.1, -0.05) is 18.3 Å². The molecule has 1 rings (SSSR count). The fourth-order valence-corrected chi connectivity index (χ4v) is 0.480. The van der Waals surface area contributed by atoms with Crippen molar-refractivity contribution in [2.75, 3.05) is 0 Å². The summed E-state index contributed by atoms with van der Waals surface area (Å²) in [6.07, 6.45) is 6.84. The molecule has 8 heavy (non-hydrogen) atoms. The van der Waals surface area contributed by atoms with E-state index in [4.69, 9.17) is 12.2 Å². The van der Waals surface area contributed by atoms with Crippen molar-refractivity contribution in [2.45, 2.75) is 0 Å². The number of thiocarbonyl (C=S) groups is 1. The van der Waals surface area contributed by atoms with Crippen molar-refractivity contribution >= 4 is 17.2 Å². The molecule has 0 bridgehead atoms. The molecule has 0 saturated heterocycles. The lowest BCUT2D eigenvalue weighted by Gasteiger charge is -1.96. The monoisotopic (exact) mass is 127 g/mol. The summed E-state index contributed by atoms with van der Waals surface area (Å²) >= 11 is 4.73. The number of rotatable bonds is 0. The van der Waals surface area contributed by atoms with Gasteiger partial charge < -0.3 is 4.84 Å². The van der Waals surface area contributed by atoms with E-state index in [1.54, 1.807) is 12.2 Å². The van der Waals surface area contributed by atoms with Crippen LogP contribution in [0.3, 0.4) is 0 Å². The van der Waals surface area contributed by atoms with Gasteiger partial charge >= 0.3 is 0 Å². The van der Waals surface area contributed by atoms with Crippen molar-refractivity contribution in [3.63, 3.8) is 0 Å². The van der Waals surface area contributed by atoms with Crippen molar-refractivity contribution in [1.29, 1.82) is 0 Å². The second kappa shape index (κ2) is 2.47. The molecular formula is C5H5NOS. The van der Waals surface area contributed by atoms with Crippen LogP contribution >= 0.6 is 12.2 Å². The third-order valence-electron chi connectivity index (χ3n) is 0.665. The Labute approximate surface area is 52.8 Å². The van der Waals surface area contributed by atoms with Gasteiger partial charge in [-0.05, 0) is 12.2 Å². The van der Waals surface area contributed by atoms with Crippen LogP contribution in [0, 0.1) is 0 Å². The quantitative estimate of drug-likeness (QED) is 0.489. The lowest BCUT2D eigenvalue weighted by Crippen LogP contribution is -2.15. The summed E-state index contributed by atoms with van der Waals surface area (Å²) < 4.78 is 0. The van der Waals surface area contributed by atoms with Crippen LogP contribution in [0.5, 0.6) is 0 Å². The molecule has 0 aromatic carbocycles. The maximum absolute atomic E-state index is 4.73. The molecule has 0 saturated carbocycles. The zero-order valence-corrected chi connectivity index (χ0v) is 4.94. The first kappa shape index (κ1) is 5.31. The predicted molar refractivity (Wildman–Crippen MR) is 35.1 cm³/mol. The summed E-state index contributed by atoms with van der Waals surface area (Å²) in [5.41, 5.74) is 2.50. The Bertz CT molecular complexity index is 151. The van der Waals surface area contributed by atoms with Crippen molar-refractivity contribution in [1.82, 2.24) is 5.48 Å². The lowest BCUT2D eigenvalue weighted by molar-refractivity contribution is 0.198. The molecule has 0 amide bonds. The van der Waals surface area contributed by atoms with Gasteiger partial charge in [0.15, 0.2) is 0 Å². The van der Waals surface area contributed by atoms with E-state index in [0.717, 1.165) is 0 Å². The third-order valence-corrected chi connectivity index (χ3v) is 0.884. The van der Waals surface area contributed by atoms with Gasteiger partial charge in [0.1, 0.15) is 11.3 Å². The molecule has 0 aliphatic carbocycles. The van der Waals surface area contributed by atoms with Gasteiger partial charge in [-0.25, -0.2) is 5.48 Å². The average molecular weight is 127 g/mol. The Morgan fingerprint density at radius 2 is 2.38 bits per heavy atom. The Balaban J connectivity index is 2.58. The summed E-state index contributed by atoms with van der Waals surface area (Å²) in [5, 5.41) is 0. The van der Waals surface area contributed by atoms with Gasteiger partial charge in [-0.3, -0.25) is 0 Å². The maximum Gasteiger partial charge on any atom is 0.134 e. The molecule has 3 heteroatoms. The Morgan fingerprint density at radius 1 is 1.50 bits per heavy atom. The predicted octanol–water partition coefficient (Wildman–Crippen LogP) is 0.919. The number of hydroxylamine groups is 1.